The SMILES string of the molecule is CC(C)OC(=O)Nc1ccc(N2CCNCC2)cc1. The van der Waals surface area contributed by atoms with Gasteiger partial charge in [-0.15, -0.1) is 0 Å². The van der Waals surface area contributed by atoms with Gasteiger partial charge in [-0.3, -0.25) is 5.32 Å². The van der Waals surface area contributed by atoms with Gasteiger partial charge in [0.2, 0.25) is 0 Å². The lowest BCUT2D eigenvalue weighted by atomic mass is 10.2. The quantitative estimate of drug-likeness (QED) is 0.876. The molecule has 0 bridgehead atoms. The fraction of sp³-hybridized carbons (Fsp3) is 0.500. The molecule has 0 aromatic heterocycles. The predicted octanol–water partition coefficient (Wildman–Crippen LogP) is 2.05. The summed E-state index contributed by atoms with van der Waals surface area (Å²) in [4.78, 5) is 13.8. The summed E-state index contributed by atoms with van der Waals surface area (Å²) in [5.74, 6) is 0. The third-order valence-electron chi connectivity index (χ3n) is 2.94. The van der Waals surface area contributed by atoms with Gasteiger partial charge in [-0.05, 0) is 38.1 Å². The highest BCUT2D eigenvalue weighted by Crippen LogP contribution is 2.18. The van der Waals surface area contributed by atoms with Crippen LogP contribution >= 0.6 is 0 Å². The molecule has 0 saturated carbocycles. The van der Waals surface area contributed by atoms with Crippen molar-refractivity contribution in [3.8, 4) is 0 Å². The molecule has 1 aromatic rings. The van der Waals surface area contributed by atoms with Gasteiger partial charge in [0.05, 0.1) is 6.10 Å². The summed E-state index contributed by atoms with van der Waals surface area (Å²) in [6, 6.07) is 7.85. The molecule has 1 amide bonds. The van der Waals surface area contributed by atoms with Crippen LogP contribution in [0, 0.1) is 0 Å². The van der Waals surface area contributed by atoms with E-state index in [1.807, 2.05) is 38.1 Å². The van der Waals surface area contributed by atoms with Crippen molar-refractivity contribution in [2.45, 2.75) is 20.0 Å². The van der Waals surface area contributed by atoms with E-state index in [2.05, 4.69) is 15.5 Å². The van der Waals surface area contributed by atoms with Crippen LogP contribution in [-0.4, -0.2) is 38.4 Å². The first-order valence-electron chi connectivity index (χ1n) is 6.68. The molecule has 104 valence electrons. The van der Waals surface area contributed by atoms with E-state index >= 15 is 0 Å². The molecular weight excluding hydrogens is 242 g/mol. The summed E-state index contributed by atoms with van der Waals surface area (Å²) < 4.78 is 5.03. The van der Waals surface area contributed by atoms with Gasteiger partial charge in [-0.25, -0.2) is 4.79 Å². The Balaban J connectivity index is 1.92. The van der Waals surface area contributed by atoms with Crippen molar-refractivity contribution in [3.63, 3.8) is 0 Å². The van der Waals surface area contributed by atoms with Gasteiger partial charge in [-0.2, -0.15) is 0 Å². The van der Waals surface area contributed by atoms with Crippen LogP contribution < -0.4 is 15.5 Å². The molecular formula is C14H21N3O2. The fourth-order valence-corrected chi connectivity index (χ4v) is 2.04. The first-order valence-corrected chi connectivity index (χ1v) is 6.68. The largest absolute Gasteiger partial charge is 0.447 e. The smallest absolute Gasteiger partial charge is 0.411 e. The zero-order valence-corrected chi connectivity index (χ0v) is 11.5. The minimum absolute atomic E-state index is 0.111. The number of hydrogen-bond acceptors (Lipinski definition) is 4. The summed E-state index contributed by atoms with van der Waals surface area (Å²) in [6.45, 7) is 7.71. The number of carbonyl (C=O) groups is 1. The second-order valence-electron chi connectivity index (χ2n) is 4.86. The summed E-state index contributed by atoms with van der Waals surface area (Å²) in [5, 5.41) is 6.04. The van der Waals surface area contributed by atoms with Gasteiger partial charge in [0.15, 0.2) is 0 Å². The maximum Gasteiger partial charge on any atom is 0.411 e. The van der Waals surface area contributed by atoms with Crippen LogP contribution in [0.5, 0.6) is 0 Å². The molecule has 0 unspecified atom stereocenters. The van der Waals surface area contributed by atoms with Crippen LogP contribution in [0.2, 0.25) is 0 Å². The van der Waals surface area contributed by atoms with Crippen LogP contribution in [0.1, 0.15) is 13.8 Å². The minimum atomic E-state index is -0.412. The number of carbonyl (C=O) groups excluding carboxylic acids is 1. The molecule has 2 N–H and O–H groups in total. The van der Waals surface area contributed by atoms with E-state index in [0.717, 1.165) is 31.9 Å². The number of anilines is 2. The molecule has 1 aliphatic heterocycles. The van der Waals surface area contributed by atoms with Crippen LogP contribution in [0.25, 0.3) is 0 Å². The highest BCUT2D eigenvalue weighted by molar-refractivity contribution is 5.85. The van der Waals surface area contributed by atoms with Crippen LogP contribution in [0.4, 0.5) is 16.2 Å². The Labute approximate surface area is 113 Å². The molecule has 0 atom stereocenters. The zero-order valence-electron chi connectivity index (χ0n) is 11.5. The highest BCUT2D eigenvalue weighted by Gasteiger charge is 2.10. The number of rotatable bonds is 3. The summed E-state index contributed by atoms with van der Waals surface area (Å²) in [6.07, 6.45) is -0.523. The van der Waals surface area contributed by atoms with E-state index in [-0.39, 0.29) is 6.10 Å². The molecule has 1 fully saturated rings. The number of hydrogen-bond donors (Lipinski definition) is 2. The molecule has 0 spiro atoms. The Bertz CT molecular complexity index is 411. The van der Waals surface area contributed by atoms with E-state index in [0.29, 0.717) is 0 Å². The van der Waals surface area contributed by atoms with Gasteiger partial charge < -0.3 is 15.0 Å². The average Bonchev–Trinajstić information content (AvgIpc) is 2.39. The van der Waals surface area contributed by atoms with Crippen molar-refractivity contribution in [3.05, 3.63) is 24.3 Å². The first-order chi connectivity index (χ1) is 9.15. The molecule has 1 saturated heterocycles. The van der Waals surface area contributed by atoms with Crippen molar-refractivity contribution in [1.29, 1.82) is 0 Å². The Kier molecular flexibility index (Phi) is 4.63. The molecule has 5 heteroatoms. The van der Waals surface area contributed by atoms with Crippen molar-refractivity contribution in [2.24, 2.45) is 0 Å². The van der Waals surface area contributed by atoms with E-state index in [4.69, 9.17) is 4.74 Å². The standard InChI is InChI=1S/C14H21N3O2/c1-11(2)19-14(18)16-12-3-5-13(6-4-12)17-9-7-15-8-10-17/h3-6,11,15H,7-10H2,1-2H3,(H,16,18). The van der Waals surface area contributed by atoms with Crippen LogP contribution in [0.3, 0.4) is 0 Å². The fourth-order valence-electron chi connectivity index (χ4n) is 2.04. The normalized spacial score (nSPS) is 15.4. The Morgan fingerprint density at radius 3 is 2.47 bits per heavy atom. The van der Waals surface area contributed by atoms with Crippen molar-refractivity contribution in [2.75, 3.05) is 36.4 Å². The molecule has 5 nitrogen and oxygen atoms in total. The Morgan fingerprint density at radius 1 is 1.26 bits per heavy atom. The number of nitrogens with one attached hydrogen (secondary N) is 2. The maximum atomic E-state index is 11.5. The molecule has 1 heterocycles. The number of amides is 1. The minimum Gasteiger partial charge on any atom is -0.447 e. The van der Waals surface area contributed by atoms with E-state index < -0.39 is 6.09 Å². The van der Waals surface area contributed by atoms with Gasteiger partial charge in [0.1, 0.15) is 0 Å². The Hall–Kier alpha value is -1.75. The second-order valence-corrected chi connectivity index (χ2v) is 4.86. The third kappa shape index (κ3) is 4.13. The van der Waals surface area contributed by atoms with Gasteiger partial charge in [0, 0.05) is 37.6 Å². The topological polar surface area (TPSA) is 53.6 Å². The lowest BCUT2D eigenvalue weighted by molar-refractivity contribution is 0.130. The lowest BCUT2D eigenvalue weighted by Gasteiger charge is -2.29. The van der Waals surface area contributed by atoms with Crippen molar-refractivity contribution in [1.82, 2.24) is 5.32 Å². The number of piperazine rings is 1. The third-order valence-corrected chi connectivity index (χ3v) is 2.94. The van der Waals surface area contributed by atoms with E-state index in [1.54, 1.807) is 0 Å². The summed E-state index contributed by atoms with van der Waals surface area (Å²) in [5.41, 5.74) is 1.94. The molecule has 1 aliphatic rings. The molecule has 0 radical (unpaired) electrons. The Morgan fingerprint density at radius 2 is 1.89 bits per heavy atom. The number of ether oxygens (including phenoxy) is 1. The van der Waals surface area contributed by atoms with Crippen LogP contribution in [0.15, 0.2) is 24.3 Å². The lowest BCUT2D eigenvalue weighted by Crippen LogP contribution is -2.43. The second kappa shape index (κ2) is 6.43. The number of benzene rings is 1. The molecule has 2 rings (SSSR count). The van der Waals surface area contributed by atoms with Gasteiger partial charge >= 0.3 is 6.09 Å². The van der Waals surface area contributed by atoms with E-state index in [9.17, 15) is 4.79 Å². The molecule has 19 heavy (non-hydrogen) atoms. The van der Waals surface area contributed by atoms with Gasteiger partial charge in [0.25, 0.3) is 0 Å². The first kappa shape index (κ1) is 13.7. The maximum absolute atomic E-state index is 11.5. The predicted molar refractivity (Wildman–Crippen MR) is 76.8 cm³/mol. The molecule has 0 aliphatic carbocycles. The highest BCUT2D eigenvalue weighted by atomic mass is 16.6. The molecule has 1 aromatic carbocycles. The van der Waals surface area contributed by atoms with Crippen molar-refractivity contribution >= 4 is 17.5 Å². The van der Waals surface area contributed by atoms with Gasteiger partial charge in [-0.1, -0.05) is 0 Å². The zero-order chi connectivity index (χ0) is 13.7. The van der Waals surface area contributed by atoms with Crippen molar-refractivity contribution < 1.29 is 9.53 Å². The van der Waals surface area contributed by atoms with Crippen LogP contribution in [-0.2, 0) is 4.74 Å². The average molecular weight is 263 g/mol. The summed E-state index contributed by atoms with van der Waals surface area (Å²) in [7, 11) is 0. The monoisotopic (exact) mass is 263 g/mol. The summed E-state index contributed by atoms with van der Waals surface area (Å²) >= 11 is 0. The number of nitrogens with zero attached hydrogens (tertiary/aromatic N) is 1. The van der Waals surface area contributed by atoms with E-state index in [1.165, 1.54) is 5.69 Å².